The molecule has 164 valence electrons. The first kappa shape index (κ1) is 20.4. The smallest absolute Gasteiger partial charge is 0.220 e. The summed E-state index contributed by atoms with van der Waals surface area (Å²) in [6, 6.07) is 5.18. The molecule has 30 heavy (non-hydrogen) atoms. The van der Waals surface area contributed by atoms with E-state index in [-0.39, 0.29) is 5.91 Å². The Morgan fingerprint density at radius 1 is 1.10 bits per heavy atom. The van der Waals surface area contributed by atoms with Gasteiger partial charge in [-0.15, -0.1) is 0 Å². The predicted molar refractivity (Wildman–Crippen MR) is 120 cm³/mol. The summed E-state index contributed by atoms with van der Waals surface area (Å²) in [6.07, 6.45) is 10.5. The van der Waals surface area contributed by atoms with Crippen LogP contribution in [-0.4, -0.2) is 43.1 Å². The van der Waals surface area contributed by atoms with E-state index in [0.717, 1.165) is 25.3 Å². The Morgan fingerprint density at radius 2 is 1.90 bits per heavy atom. The first-order chi connectivity index (χ1) is 14.5. The third-order valence-corrected chi connectivity index (χ3v) is 8.07. The number of rotatable bonds is 5. The lowest BCUT2D eigenvalue weighted by atomic mass is 9.78. The predicted octanol–water partition coefficient (Wildman–Crippen LogP) is 4.13. The monoisotopic (exact) mass is 410 g/mol. The minimum atomic E-state index is 0.228. The number of hydrogen-bond donors (Lipinski definition) is 1. The highest BCUT2D eigenvalue weighted by molar-refractivity contribution is 5.76. The van der Waals surface area contributed by atoms with Crippen molar-refractivity contribution < 1.29 is 9.53 Å². The van der Waals surface area contributed by atoms with Crippen LogP contribution in [0, 0.1) is 17.3 Å². The SMILES string of the molecule is CC1(C)CCN(C2CCc3ccc4c(c3C2)CC(CNC(=O)CC2CC2)CO4)CC1. The Kier molecular flexibility index (Phi) is 5.55. The number of nitrogens with zero attached hydrogens (tertiary/aromatic N) is 1. The van der Waals surface area contributed by atoms with Crippen molar-refractivity contribution in [2.75, 3.05) is 26.2 Å². The van der Waals surface area contributed by atoms with Gasteiger partial charge in [-0.25, -0.2) is 0 Å². The molecule has 4 heteroatoms. The lowest BCUT2D eigenvalue weighted by Gasteiger charge is -2.43. The van der Waals surface area contributed by atoms with Crippen LogP contribution in [0.25, 0.3) is 0 Å². The van der Waals surface area contributed by atoms with Crippen LogP contribution >= 0.6 is 0 Å². The second kappa shape index (κ2) is 8.18. The van der Waals surface area contributed by atoms with Crippen LogP contribution in [0.4, 0.5) is 0 Å². The standard InChI is InChI=1S/C26H38N2O2/c1-26(2)9-11-28(12-10-26)21-7-5-20-6-8-24-23(22(20)15-21)13-19(17-30-24)16-27-25(29)14-18-3-4-18/h6,8,18-19,21H,3-5,7,9-17H2,1-2H3,(H,27,29). The lowest BCUT2D eigenvalue weighted by Crippen LogP contribution is -2.46. The summed E-state index contributed by atoms with van der Waals surface area (Å²) in [6.45, 7) is 8.79. The summed E-state index contributed by atoms with van der Waals surface area (Å²) in [7, 11) is 0. The van der Waals surface area contributed by atoms with Gasteiger partial charge in [-0.3, -0.25) is 4.79 Å². The number of benzene rings is 1. The number of carbonyl (C=O) groups is 1. The van der Waals surface area contributed by atoms with Crippen molar-refractivity contribution in [3.63, 3.8) is 0 Å². The number of nitrogens with one attached hydrogen (secondary N) is 1. The van der Waals surface area contributed by atoms with E-state index in [1.165, 1.54) is 69.2 Å². The van der Waals surface area contributed by atoms with Gasteiger partial charge in [0, 0.05) is 24.9 Å². The van der Waals surface area contributed by atoms with E-state index in [0.29, 0.717) is 29.7 Å². The summed E-state index contributed by atoms with van der Waals surface area (Å²) >= 11 is 0. The fourth-order valence-electron chi connectivity index (χ4n) is 5.63. The van der Waals surface area contributed by atoms with E-state index >= 15 is 0 Å². The summed E-state index contributed by atoms with van der Waals surface area (Å²) in [5.41, 5.74) is 5.03. The molecule has 1 aromatic carbocycles. The topological polar surface area (TPSA) is 41.6 Å². The van der Waals surface area contributed by atoms with Gasteiger partial charge in [-0.2, -0.15) is 0 Å². The van der Waals surface area contributed by atoms with Gasteiger partial charge in [0.15, 0.2) is 0 Å². The summed E-state index contributed by atoms with van der Waals surface area (Å²) < 4.78 is 6.17. The molecule has 1 amide bonds. The van der Waals surface area contributed by atoms with Gasteiger partial charge in [0.2, 0.25) is 5.91 Å². The van der Waals surface area contributed by atoms with Crippen LogP contribution in [0.5, 0.6) is 5.75 Å². The molecule has 1 saturated carbocycles. The number of hydrogen-bond acceptors (Lipinski definition) is 3. The second-order valence-electron chi connectivity index (χ2n) is 11.1. The molecule has 5 rings (SSSR count). The molecule has 0 spiro atoms. The molecule has 0 radical (unpaired) electrons. The number of carbonyl (C=O) groups excluding carboxylic acids is 1. The van der Waals surface area contributed by atoms with Gasteiger partial charge >= 0.3 is 0 Å². The van der Waals surface area contributed by atoms with Crippen molar-refractivity contribution in [3.05, 3.63) is 28.8 Å². The first-order valence-corrected chi connectivity index (χ1v) is 12.2. The zero-order valence-electron chi connectivity index (χ0n) is 18.8. The number of ether oxygens (including phenoxy) is 1. The zero-order chi connectivity index (χ0) is 20.7. The van der Waals surface area contributed by atoms with Gasteiger partial charge in [-0.1, -0.05) is 19.9 Å². The van der Waals surface area contributed by atoms with Crippen LogP contribution in [0.2, 0.25) is 0 Å². The largest absolute Gasteiger partial charge is 0.493 e. The zero-order valence-corrected chi connectivity index (χ0v) is 18.8. The van der Waals surface area contributed by atoms with Gasteiger partial charge in [-0.05, 0) is 98.5 Å². The molecule has 4 aliphatic rings. The summed E-state index contributed by atoms with van der Waals surface area (Å²) in [4.78, 5) is 14.9. The quantitative estimate of drug-likeness (QED) is 0.793. The van der Waals surface area contributed by atoms with Crippen LogP contribution in [0.3, 0.4) is 0 Å². The number of amides is 1. The third-order valence-electron chi connectivity index (χ3n) is 8.07. The third kappa shape index (κ3) is 4.54. The fourth-order valence-corrected chi connectivity index (χ4v) is 5.63. The molecule has 1 aromatic rings. The highest BCUT2D eigenvalue weighted by Gasteiger charge is 2.33. The Balaban J connectivity index is 1.24. The molecule has 1 N–H and O–H groups in total. The minimum absolute atomic E-state index is 0.228. The van der Waals surface area contributed by atoms with Gasteiger partial charge in [0.25, 0.3) is 0 Å². The van der Waals surface area contributed by atoms with Crippen LogP contribution < -0.4 is 10.1 Å². The Bertz CT molecular complexity index is 788. The molecule has 2 unspecified atom stereocenters. The van der Waals surface area contributed by atoms with Gasteiger partial charge in [0.1, 0.15) is 5.75 Å². The van der Waals surface area contributed by atoms with Crippen molar-refractivity contribution in [2.45, 2.75) is 77.7 Å². The molecule has 2 atom stereocenters. The molecule has 2 fully saturated rings. The van der Waals surface area contributed by atoms with Crippen LogP contribution in [0.15, 0.2) is 12.1 Å². The maximum atomic E-state index is 12.1. The van der Waals surface area contributed by atoms with Crippen molar-refractivity contribution >= 4 is 5.91 Å². The summed E-state index contributed by atoms with van der Waals surface area (Å²) in [5, 5.41) is 3.18. The van der Waals surface area contributed by atoms with Crippen molar-refractivity contribution in [1.82, 2.24) is 10.2 Å². The molecule has 0 aromatic heterocycles. The van der Waals surface area contributed by atoms with Gasteiger partial charge < -0.3 is 15.0 Å². The van der Waals surface area contributed by atoms with E-state index in [9.17, 15) is 4.79 Å². The van der Waals surface area contributed by atoms with Crippen molar-refractivity contribution in [3.8, 4) is 5.75 Å². The van der Waals surface area contributed by atoms with E-state index < -0.39 is 0 Å². The molecule has 2 aliphatic carbocycles. The fraction of sp³-hybridized carbons (Fsp3) is 0.731. The molecular formula is C26H38N2O2. The normalized spacial score (nSPS) is 28.2. The lowest BCUT2D eigenvalue weighted by molar-refractivity contribution is -0.121. The second-order valence-corrected chi connectivity index (χ2v) is 11.1. The Labute approximate surface area is 181 Å². The summed E-state index contributed by atoms with van der Waals surface area (Å²) in [5.74, 6) is 2.36. The maximum absolute atomic E-state index is 12.1. The molecule has 1 saturated heterocycles. The maximum Gasteiger partial charge on any atom is 0.220 e. The molecular weight excluding hydrogens is 372 g/mol. The van der Waals surface area contributed by atoms with Crippen molar-refractivity contribution in [1.29, 1.82) is 0 Å². The number of likely N-dealkylation sites (tertiary alicyclic amines) is 1. The molecule has 2 heterocycles. The van der Waals surface area contributed by atoms with Crippen LogP contribution in [0.1, 0.15) is 69.1 Å². The Morgan fingerprint density at radius 3 is 2.67 bits per heavy atom. The Hall–Kier alpha value is -1.55. The van der Waals surface area contributed by atoms with Gasteiger partial charge in [0.05, 0.1) is 6.61 Å². The number of piperidine rings is 1. The minimum Gasteiger partial charge on any atom is -0.493 e. The van der Waals surface area contributed by atoms with E-state index in [4.69, 9.17) is 4.74 Å². The number of aryl methyl sites for hydroxylation is 1. The van der Waals surface area contributed by atoms with E-state index in [2.05, 4.69) is 36.2 Å². The van der Waals surface area contributed by atoms with Crippen molar-refractivity contribution in [2.24, 2.45) is 17.3 Å². The van der Waals surface area contributed by atoms with E-state index in [1.54, 1.807) is 5.56 Å². The number of fused-ring (bicyclic) bond motifs is 3. The van der Waals surface area contributed by atoms with E-state index in [1.807, 2.05) is 0 Å². The average Bonchev–Trinajstić information content (AvgIpc) is 3.55. The average molecular weight is 411 g/mol. The highest BCUT2D eigenvalue weighted by Crippen LogP contribution is 2.38. The molecule has 4 nitrogen and oxygen atoms in total. The molecule has 0 bridgehead atoms. The molecule has 2 aliphatic heterocycles. The van der Waals surface area contributed by atoms with Crippen LogP contribution in [-0.2, 0) is 24.1 Å². The first-order valence-electron chi connectivity index (χ1n) is 12.2. The highest BCUT2D eigenvalue weighted by atomic mass is 16.5.